The second kappa shape index (κ2) is 7.88. The van der Waals surface area contributed by atoms with Crippen LogP contribution in [0.4, 0.5) is 0 Å². The minimum absolute atomic E-state index is 0.319. The van der Waals surface area contributed by atoms with E-state index in [0.717, 1.165) is 25.2 Å². The summed E-state index contributed by atoms with van der Waals surface area (Å²) >= 11 is 4.21. The van der Waals surface area contributed by atoms with E-state index in [1.807, 2.05) is 0 Å². The molecule has 0 saturated heterocycles. The Morgan fingerprint density at radius 1 is 1.57 bits per heavy atom. The number of nitrogens with zero attached hydrogens (tertiary/aromatic N) is 1. The maximum atomic E-state index is 4.78. The molecule has 0 radical (unpaired) electrons. The van der Waals surface area contributed by atoms with Crippen molar-refractivity contribution in [2.24, 2.45) is 11.1 Å². The predicted octanol–water partition coefficient (Wildman–Crippen LogP) is 2.07. The van der Waals surface area contributed by atoms with Crippen LogP contribution in [-0.2, 0) is 4.84 Å². The molecule has 0 spiro atoms. The Balaban J connectivity index is 4.42. The van der Waals surface area contributed by atoms with E-state index >= 15 is 0 Å². The van der Waals surface area contributed by atoms with E-state index in [0.29, 0.717) is 10.8 Å². The molecule has 0 fully saturated rings. The van der Waals surface area contributed by atoms with Gasteiger partial charge < -0.3 is 10.2 Å². The third-order valence-electron chi connectivity index (χ3n) is 2.01. The zero-order valence-electron chi connectivity index (χ0n) is 9.21. The Morgan fingerprint density at radius 2 is 2.21 bits per heavy atom. The molecule has 0 bridgehead atoms. The van der Waals surface area contributed by atoms with Gasteiger partial charge in [-0.25, -0.2) is 0 Å². The van der Waals surface area contributed by atoms with Crippen LogP contribution < -0.4 is 5.32 Å². The lowest BCUT2D eigenvalue weighted by Gasteiger charge is -2.16. The Bertz CT molecular complexity index is 204. The summed E-state index contributed by atoms with van der Waals surface area (Å²) in [5, 5.41) is 7.23. The molecule has 3 nitrogen and oxygen atoms in total. The number of thiol groups is 1. The van der Waals surface area contributed by atoms with Gasteiger partial charge in [0.15, 0.2) is 0 Å². The molecular formula is C10H20N2OS. The molecule has 4 heteroatoms. The highest BCUT2D eigenvalue weighted by Crippen LogP contribution is 2.13. The van der Waals surface area contributed by atoms with Crippen LogP contribution in [0, 0.1) is 5.92 Å². The van der Waals surface area contributed by atoms with E-state index in [1.54, 1.807) is 0 Å². The summed E-state index contributed by atoms with van der Waals surface area (Å²) in [4.78, 5) is 5.46. The Morgan fingerprint density at radius 3 is 2.57 bits per heavy atom. The molecule has 0 aromatic carbocycles. The van der Waals surface area contributed by atoms with Crippen molar-refractivity contribution in [2.45, 2.75) is 20.3 Å². The molecule has 0 rings (SSSR count). The van der Waals surface area contributed by atoms with E-state index in [9.17, 15) is 0 Å². The first-order valence-corrected chi connectivity index (χ1v) is 5.32. The fourth-order valence-corrected chi connectivity index (χ4v) is 1.44. The van der Waals surface area contributed by atoms with Crippen molar-refractivity contribution in [1.29, 1.82) is 0 Å². The molecular weight excluding hydrogens is 196 g/mol. The lowest BCUT2D eigenvalue weighted by atomic mass is 10.00. The summed E-state index contributed by atoms with van der Waals surface area (Å²) in [6.07, 6.45) is 0.995. The van der Waals surface area contributed by atoms with Gasteiger partial charge in [0.05, 0.1) is 5.71 Å². The molecule has 0 aromatic heterocycles. The second-order valence-corrected chi connectivity index (χ2v) is 3.56. The van der Waals surface area contributed by atoms with Crippen molar-refractivity contribution < 1.29 is 4.84 Å². The van der Waals surface area contributed by atoms with Crippen molar-refractivity contribution >= 4 is 18.3 Å². The van der Waals surface area contributed by atoms with Gasteiger partial charge in [-0.1, -0.05) is 25.6 Å². The maximum Gasteiger partial charge on any atom is 0.106 e. The lowest BCUT2D eigenvalue weighted by Crippen LogP contribution is -2.28. The summed E-state index contributed by atoms with van der Waals surface area (Å²) in [7, 11) is 1.54. The van der Waals surface area contributed by atoms with Gasteiger partial charge in [-0.15, -0.1) is 12.6 Å². The average molecular weight is 216 g/mol. The molecule has 0 unspecified atom stereocenters. The zero-order valence-corrected chi connectivity index (χ0v) is 10.1. The van der Waals surface area contributed by atoms with E-state index in [2.05, 4.69) is 43.5 Å². The number of hydrogen-bond donors (Lipinski definition) is 2. The highest BCUT2D eigenvalue weighted by atomic mass is 32.1. The first-order chi connectivity index (χ1) is 6.67. The molecule has 1 N–H and O–H groups in total. The van der Waals surface area contributed by atoms with Gasteiger partial charge >= 0.3 is 0 Å². The van der Waals surface area contributed by atoms with Crippen LogP contribution in [0.3, 0.4) is 0 Å². The molecule has 0 saturated carbocycles. The maximum absolute atomic E-state index is 4.78. The first-order valence-electron chi connectivity index (χ1n) is 4.87. The fraction of sp³-hybridized carbons (Fsp3) is 0.700. The highest BCUT2D eigenvalue weighted by molar-refractivity contribution is 7.85. The van der Waals surface area contributed by atoms with Crippen molar-refractivity contribution in [2.75, 3.05) is 20.2 Å². The van der Waals surface area contributed by atoms with Crippen LogP contribution in [0.15, 0.2) is 16.6 Å². The van der Waals surface area contributed by atoms with Crippen LogP contribution >= 0.6 is 12.6 Å². The van der Waals surface area contributed by atoms with Gasteiger partial charge in [0, 0.05) is 17.4 Å². The number of nitrogens with one attached hydrogen (secondary N) is 1. The topological polar surface area (TPSA) is 33.6 Å². The van der Waals surface area contributed by atoms with Gasteiger partial charge in [0.1, 0.15) is 7.11 Å². The van der Waals surface area contributed by atoms with Crippen LogP contribution in [0.2, 0.25) is 0 Å². The van der Waals surface area contributed by atoms with Crippen molar-refractivity contribution in [3.05, 3.63) is 11.5 Å². The SMILES string of the molecule is C=C(S)/C(=N\OC)[C@H](CC)CNCC. The quantitative estimate of drug-likeness (QED) is 0.388. The van der Waals surface area contributed by atoms with Crippen LogP contribution in [-0.4, -0.2) is 25.9 Å². The number of hydrogen-bond acceptors (Lipinski definition) is 4. The largest absolute Gasteiger partial charge is 0.399 e. The number of allylic oxidation sites excluding steroid dienone is 1. The Hall–Kier alpha value is -0.480. The molecule has 14 heavy (non-hydrogen) atoms. The normalized spacial score (nSPS) is 13.9. The number of rotatable bonds is 7. The smallest absolute Gasteiger partial charge is 0.106 e. The van der Waals surface area contributed by atoms with E-state index in [1.165, 1.54) is 7.11 Å². The lowest BCUT2D eigenvalue weighted by molar-refractivity contribution is 0.211. The molecule has 82 valence electrons. The van der Waals surface area contributed by atoms with Crippen molar-refractivity contribution in [3.63, 3.8) is 0 Å². The molecule has 0 heterocycles. The molecule has 1 atom stereocenters. The second-order valence-electron chi connectivity index (χ2n) is 3.02. The van der Waals surface area contributed by atoms with Gasteiger partial charge in [-0.05, 0) is 13.0 Å². The van der Waals surface area contributed by atoms with E-state index in [4.69, 9.17) is 4.84 Å². The van der Waals surface area contributed by atoms with Gasteiger partial charge in [-0.3, -0.25) is 0 Å². The molecule has 0 aliphatic heterocycles. The molecule has 0 aliphatic rings. The zero-order chi connectivity index (χ0) is 11.0. The summed E-state index contributed by atoms with van der Waals surface area (Å²) in [5.41, 5.74) is 0.833. The summed E-state index contributed by atoms with van der Waals surface area (Å²) in [5.74, 6) is 0.319. The Kier molecular flexibility index (Phi) is 7.61. The van der Waals surface area contributed by atoms with E-state index in [-0.39, 0.29) is 0 Å². The monoisotopic (exact) mass is 216 g/mol. The summed E-state index contributed by atoms with van der Waals surface area (Å²) < 4.78 is 0. The third-order valence-corrected chi connectivity index (χ3v) is 2.23. The van der Waals surface area contributed by atoms with Gasteiger partial charge in [0.2, 0.25) is 0 Å². The average Bonchev–Trinajstić information content (AvgIpc) is 2.17. The van der Waals surface area contributed by atoms with Crippen LogP contribution in [0.5, 0.6) is 0 Å². The third kappa shape index (κ3) is 4.67. The Labute approximate surface area is 92.0 Å². The van der Waals surface area contributed by atoms with Crippen LogP contribution in [0.1, 0.15) is 20.3 Å². The summed E-state index contributed by atoms with van der Waals surface area (Å²) in [6.45, 7) is 9.81. The molecule has 0 amide bonds. The first kappa shape index (κ1) is 13.5. The predicted molar refractivity (Wildman–Crippen MR) is 64.9 cm³/mol. The minimum Gasteiger partial charge on any atom is -0.399 e. The minimum atomic E-state index is 0.319. The van der Waals surface area contributed by atoms with Crippen molar-refractivity contribution in [3.8, 4) is 0 Å². The number of oxime groups is 1. The molecule has 0 aliphatic carbocycles. The van der Waals surface area contributed by atoms with Gasteiger partial charge in [0.25, 0.3) is 0 Å². The fourth-order valence-electron chi connectivity index (χ4n) is 1.21. The van der Waals surface area contributed by atoms with Crippen molar-refractivity contribution in [1.82, 2.24) is 5.32 Å². The summed E-state index contributed by atoms with van der Waals surface area (Å²) in [6, 6.07) is 0. The highest BCUT2D eigenvalue weighted by Gasteiger charge is 2.15. The van der Waals surface area contributed by atoms with E-state index < -0.39 is 0 Å². The van der Waals surface area contributed by atoms with Gasteiger partial charge in [-0.2, -0.15) is 0 Å². The molecule has 0 aromatic rings. The standard InChI is InChI=1S/C10H20N2OS/c1-5-9(7-11-6-2)10(8(3)14)12-13-4/h9,11,14H,3,5-7H2,1-2,4H3/b12-10+/t9-/m1/s1. The van der Waals surface area contributed by atoms with Crippen LogP contribution in [0.25, 0.3) is 0 Å².